The highest BCUT2D eigenvalue weighted by Crippen LogP contribution is 2.72. The summed E-state index contributed by atoms with van der Waals surface area (Å²) in [5.41, 5.74) is -3.12. The van der Waals surface area contributed by atoms with Gasteiger partial charge in [-0.2, -0.15) is 0 Å². The predicted octanol–water partition coefficient (Wildman–Crippen LogP) is 3.43. The third-order valence-corrected chi connectivity index (χ3v) is 10.3. The summed E-state index contributed by atoms with van der Waals surface area (Å²) in [6, 6.07) is 9.61. The maximum atomic E-state index is 14.5. The number of aliphatic hydroxyl groups is 2. The summed E-state index contributed by atoms with van der Waals surface area (Å²) >= 11 is 3.57. The van der Waals surface area contributed by atoms with Crippen molar-refractivity contribution in [2.24, 2.45) is 11.3 Å². The van der Waals surface area contributed by atoms with Crippen LogP contribution in [0.3, 0.4) is 0 Å². The molecule has 1 amide bonds. The Balaban J connectivity index is 1.50. The smallest absolute Gasteiger partial charge is 0.229 e. The molecule has 1 aromatic carbocycles. The van der Waals surface area contributed by atoms with E-state index in [4.69, 9.17) is 14.2 Å². The predicted molar refractivity (Wildman–Crippen MR) is 145 cm³/mol. The normalized spacial score (nSPS) is 39.8. The third kappa shape index (κ3) is 3.10. The molecule has 5 aliphatic rings. The van der Waals surface area contributed by atoms with Crippen molar-refractivity contribution in [3.8, 4) is 11.5 Å². The van der Waals surface area contributed by atoms with Crippen LogP contribution in [0.2, 0.25) is 0 Å². The third-order valence-electron chi connectivity index (χ3n) is 9.71. The van der Waals surface area contributed by atoms with E-state index < -0.39 is 34.6 Å². The average Bonchev–Trinajstić information content (AvgIpc) is 3.34. The SMILES string of the molecule is COc1cncc2c1[C@]1(O)[C@H](O)[C@H](C(=O)N3[C@@H]4COC[C@H]3C4)[C@@H](c3ccccc3)[C@]1(C1(C)C=CC(Br)=CC1)O2. The van der Waals surface area contributed by atoms with E-state index in [1.165, 1.54) is 13.3 Å². The molecule has 0 radical (unpaired) electrons. The minimum Gasteiger partial charge on any atom is -0.495 e. The largest absolute Gasteiger partial charge is 0.495 e. The van der Waals surface area contributed by atoms with Gasteiger partial charge >= 0.3 is 0 Å². The summed E-state index contributed by atoms with van der Waals surface area (Å²) in [5.74, 6) is -1.18. The van der Waals surface area contributed by atoms with Crippen LogP contribution in [-0.4, -0.2) is 70.1 Å². The Bertz CT molecular complexity index is 1390. The number of aromatic nitrogens is 1. The molecule has 2 saturated heterocycles. The van der Waals surface area contributed by atoms with Gasteiger partial charge in [-0.3, -0.25) is 9.78 Å². The molecule has 2 N–H and O–H groups in total. The number of aliphatic hydroxyl groups excluding tert-OH is 1. The van der Waals surface area contributed by atoms with Crippen LogP contribution in [-0.2, 0) is 15.1 Å². The zero-order valence-electron chi connectivity index (χ0n) is 21.8. The summed E-state index contributed by atoms with van der Waals surface area (Å²) in [5, 5.41) is 25.4. The van der Waals surface area contributed by atoms with E-state index in [1.54, 1.807) is 6.20 Å². The fourth-order valence-electron chi connectivity index (χ4n) is 7.97. The second kappa shape index (κ2) is 8.64. The second-order valence-corrected chi connectivity index (χ2v) is 12.5. The molecule has 9 heteroatoms. The number of hydrogen-bond acceptors (Lipinski definition) is 7. The minimum atomic E-state index is -1.98. The van der Waals surface area contributed by atoms with Gasteiger partial charge in [0.05, 0.1) is 56.3 Å². The maximum absolute atomic E-state index is 14.5. The molecule has 4 heterocycles. The lowest BCUT2D eigenvalue weighted by Crippen LogP contribution is -2.67. The van der Waals surface area contributed by atoms with Crippen LogP contribution < -0.4 is 9.47 Å². The molecule has 0 spiro atoms. The van der Waals surface area contributed by atoms with Gasteiger partial charge in [0.25, 0.3) is 0 Å². The Hall–Kier alpha value is -2.72. The van der Waals surface area contributed by atoms with Gasteiger partial charge in [0, 0.05) is 15.8 Å². The molecule has 1 saturated carbocycles. The average molecular weight is 595 g/mol. The molecule has 2 bridgehead atoms. The number of carbonyl (C=O) groups excluding carboxylic acids is 1. The van der Waals surface area contributed by atoms with Crippen LogP contribution >= 0.6 is 15.9 Å². The number of methoxy groups -OCH3 is 1. The molecular weight excluding hydrogens is 564 g/mol. The highest BCUT2D eigenvalue weighted by atomic mass is 79.9. The van der Waals surface area contributed by atoms with E-state index in [0.717, 1.165) is 16.5 Å². The van der Waals surface area contributed by atoms with E-state index in [0.29, 0.717) is 36.7 Å². The quantitative estimate of drug-likeness (QED) is 0.559. The van der Waals surface area contributed by atoms with Gasteiger partial charge in [-0.05, 0) is 18.4 Å². The monoisotopic (exact) mass is 594 g/mol. The first-order chi connectivity index (χ1) is 18.8. The van der Waals surface area contributed by atoms with Crippen molar-refractivity contribution < 1.29 is 29.2 Å². The lowest BCUT2D eigenvalue weighted by molar-refractivity contribution is -0.188. The highest BCUT2D eigenvalue weighted by molar-refractivity contribution is 9.11. The molecule has 2 aromatic rings. The van der Waals surface area contributed by atoms with Crippen molar-refractivity contribution >= 4 is 21.8 Å². The number of halogens is 1. The Kier molecular flexibility index (Phi) is 5.59. The van der Waals surface area contributed by atoms with Crippen molar-refractivity contribution in [2.75, 3.05) is 20.3 Å². The van der Waals surface area contributed by atoms with Gasteiger partial charge in [-0.15, -0.1) is 0 Å². The van der Waals surface area contributed by atoms with Crippen LogP contribution in [0.4, 0.5) is 0 Å². The van der Waals surface area contributed by atoms with E-state index in [-0.39, 0.29) is 18.0 Å². The lowest BCUT2D eigenvalue weighted by atomic mass is 9.57. The second-order valence-electron chi connectivity index (χ2n) is 11.5. The number of morpholine rings is 1. The number of amides is 1. The molecule has 204 valence electrons. The number of benzene rings is 1. The number of hydrogen-bond donors (Lipinski definition) is 2. The van der Waals surface area contributed by atoms with Gasteiger partial charge < -0.3 is 29.3 Å². The highest BCUT2D eigenvalue weighted by Gasteiger charge is 2.82. The number of pyridine rings is 1. The molecule has 7 rings (SSSR count). The number of carbonyl (C=O) groups is 1. The van der Waals surface area contributed by atoms with Crippen molar-refractivity contribution in [2.45, 2.75) is 55.1 Å². The number of nitrogens with zero attached hydrogens (tertiary/aromatic N) is 2. The topological polar surface area (TPSA) is 101 Å². The fourth-order valence-corrected chi connectivity index (χ4v) is 8.27. The van der Waals surface area contributed by atoms with Crippen LogP contribution in [0.5, 0.6) is 11.5 Å². The number of rotatable bonds is 4. The molecule has 3 fully saturated rings. The lowest BCUT2D eigenvalue weighted by Gasteiger charge is -2.54. The molecular formula is C30H31BrN2O6. The number of ether oxygens (including phenoxy) is 3. The van der Waals surface area contributed by atoms with Crippen LogP contribution in [0.25, 0.3) is 0 Å². The van der Waals surface area contributed by atoms with Crippen molar-refractivity contribution in [1.82, 2.24) is 9.88 Å². The standard InChI is InChI=1S/C30H31BrN2O6/c1-28(10-8-18(31)9-11-28)30-24(17-6-4-3-5-7-17)23(27(35)33-19-12-20(33)16-38-15-19)26(34)29(30,36)25-21(37-2)13-32-14-22(25)39-30/h3-10,13-14,19-20,23-24,26,34,36H,11-12,15-16H2,1-2H3/t19-,20+,23-,24-,26-,28?,29+,30-/m1/s1. The molecule has 1 unspecified atom stereocenters. The Morgan fingerprint density at radius 3 is 2.59 bits per heavy atom. The van der Waals surface area contributed by atoms with Crippen molar-refractivity contribution in [1.29, 1.82) is 0 Å². The summed E-state index contributed by atoms with van der Waals surface area (Å²) in [6.45, 7) is 2.99. The molecule has 2 aliphatic carbocycles. The van der Waals surface area contributed by atoms with Gasteiger partial charge in [0.1, 0.15) is 17.6 Å². The van der Waals surface area contributed by atoms with E-state index in [9.17, 15) is 15.0 Å². The Labute approximate surface area is 235 Å². The molecule has 3 aliphatic heterocycles. The number of fused-ring (bicyclic) bond motifs is 5. The summed E-state index contributed by atoms with van der Waals surface area (Å²) in [6.07, 6.45) is 9.00. The maximum Gasteiger partial charge on any atom is 0.229 e. The zero-order chi connectivity index (χ0) is 27.2. The van der Waals surface area contributed by atoms with Gasteiger partial charge in [-0.1, -0.05) is 71.4 Å². The van der Waals surface area contributed by atoms with E-state index >= 15 is 0 Å². The van der Waals surface area contributed by atoms with Gasteiger partial charge in [0.15, 0.2) is 11.2 Å². The molecule has 39 heavy (non-hydrogen) atoms. The van der Waals surface area contributed by atoms with Crippen LogP contribution in [0.15, 0.2) is 65.4 Å². The van der Waals surface area contributed by atoms with Gasteiger partial charge in [-0.25, -0.2) is 0 Å². The van der Waals surface area contributed by atoms with Crippen LogP contribution in [0, 0.1) is 11.3 Å². The fraction of sp³-hybridized carbons (Fsp3) is 0.467. The van der Waals surface area contributed by atoms with Gasteiger partial charge in [0.2, 0.25) is 5.91 Å². The zero-order valence-corrected chi connectivity index (χ0v) is 23.4. The first-order valence-corrected chi connectivity index (χ1v) is 14.2. The van der Waals surface area contributed by atoms with E-state index in [1.807, 2.05) is 60.4 Å². The Morgan fingerprint density at radius 2 is 1.95 bits per heavy atom. The van der Waals surface area contributed by atoms with Crippen LogP contribution in [0.1, 0.15) is 36.8 Å². The molecule has 8 nitrogen and oxygen atoms in total. The Morgan fingerprint density at radius 1 is 1.21 bits per heavy atom. The molecule has 8 atom stereocenters. The summed E-state index contributed by atoms with van der Waals surface area (Å²) in [7, 11) is 1.50. The molecule has 1 aromatic heterocycles. The first-order valence-electron chi connectivity index (χ1n) is 13.4. The minimum absolute atomic E-state index is 0.0260. The summed E-state index contributed by atoms with van der Waals surface area (Å²) in [4.78, 5) is 20.7. The first kappa shape index (κ1) is 25.3. The number of allylic oxidation sites excluding steroid dienone is 3. The van der Waals surface area contributed by atoms with Crippen molar-refractivity contribution in [3.63, 3.8) is 0 Å². The summed E-state index contributed by atoms with van der Waals surface area (Å²) < 4.78 is 19.2. The van der Waals surface area contributed by atoms with Crippen molar-refractivity contribution in [3.05, 3.63) is 76.6 Å². The van der Waals surface area contributed by atoms with E-state index in [2.05, 4.69) is 20.9 Å².